The molecule has 1 aliphatic heterocycles. The summed E-state index contributed by atoms with van der Waals surface area (Å²) in [6.45, 7) is 4.43. The van der Waals surface area contributed by atoms with Gasteiger partial charge in [-0.15, -0.1) is 0 Å². The first kappa shape index (κ1) is 30.3. The van der Waals surface area contributed by atoms with Crippen LogP contribution in [0.2, 0.25) is 10.0 Å². The standard InChI is InChI=1S/C28H30Cl2FN7O3/c1-35(2)9-10-37-11-13-38(14-12-37)28(40)19-5-4-18(16-21(19)29)34-27(39)26-33-17-22(36(26)3)20-6-7-23(41-15-8-32)25(31)24(20)30/h4-7,16-17H,9-15H2,1-3H3,(H,34,39). The highest BCUT2D eigenvalue weighted by Gasteiger charge is 2.25. The summed E-state index contributed by atoms with van der Waals surface area (Å²) in [5, 5.41) is 11.4. The molecule has 1 N–H and O–H groups in total. The van der Waals surface area contributed by atoms with Crippen molar-refractivity contribution in [3.05, 3.63) is 63.8 Å². The van der Waals surface area contributed by atoms with Crippen molar-refractivity contribution in [1.82, 2.24) is 24.3 Å². The van der Waals surface area contributed by atoms with Crippen molar-refractivity contribution in [2.24, 2.45) is 7.05 Å². The van der Waals surface area contributed by atoms with Crippen LogP contribution in [0, 0.1) is 17.1 Å². The van der Waals surface area contributed by atoms with E-state index in [1.807, 2.05) is 14.1 Å². The second kappa shape index (κ2) is 13.3. The number of hydrogen-bond donors (Lipinski definition) is 1. The zero-order valence-corrected chi connectivity index (χ0v) is 24.5. The Hall–Kier alpha value is -3.69. The molecule has 13 heteroatoms. The Morgan fingerprint density at radius 2 is 1.90 bits per heavy atom. The van der Waals surface area contributed by atoms with Gasteiger partial charge in [-0.05, 0) is 44.4 Å². The maximum Gasteiger partial charge on any atom is 0.291 e. The van der Waals surface area contributed by atoms with E-state index in [0.29, 0.717) is 35.6 Å². The number of hydrogen-bond acceptors (Lipinski definition) is 7. The van der Waals surface area contributed by atoms with Crippen molar-refractivity contribution in [3.8, 4) is 23.1 Å². The van der Waals surface area contributed by atoms with Gasteiger partial charge in [0.15, 0.2) is 24.0 Å². The highest BCUT2D eigenvalue weighted by Crippen LogP contribution is 2.35. The average Bonchev–Trinajstić information content (AvgIpc) is 3.33. The van der Waals surface area contributed by atoms with Gasteiger partial charge in [0, 0.05) is 57.6 Å². The zero-order valence-electron chi connectivity index (χ0n) is 23.0. The third-order valence-electron chi connectivity index (χ3n) is 6.79. The number of likely N-dealkylation sites (N-methyl/N-ethyl adjacent to an activating group) is 1. The van der Waals surface area contributed by atoms with E-state index in [0.717, 1.165) is 26.2 Å². The molecule has 2 aromatic carbocycles. The number of carbonyl (C=O) groups is 2. The number of carbonyl (C=O) groups excluding carboxylic acids is 2. The molecular formula is C28H30Cl2FN7O3. The number of nitriles is 1. The van der Waals surface area contributed by atoms with Gasteiger partial charge in [-0.3, -0.25) is 14.5 Å². The lowest BCUT2D eigenvalue weighted by Crippen LogP contribution is -2.50. The summed E-state index contributed by atoms with van der Waals surface area (Å²) in [4.78, 5) is 36.6. The Kier molecular flexibility index (Phi) is 9.83. The molecule has 216 valence electrons. The highest BCUT2D eigenvalue weighted by atomic mass is 35.5. The number of halogens is 3. The number of amides is 2. The summed E-state index contributed by atoms with van der Waals surface area (Å²) in [7, 11) is 5.67. The minimum Gasteiger partial charge on any atom is -0.476 e. The molecule has 10 nitrogen and oxygen atoms in total. The first-order chi connectivity index (χ1) is 19.6. The fourth-order valence-corrected chi connectivity index (χ4v) is 4.98. The number of rotatable bonds is 9. The van der Waals surface area contributed by atoms with Gasteiger partial charge in [0.05, 0.1) is 27.5 Å². The van der Waals surface area contributed by atoms with Crippen LogP contribution in [0.3, 0.4) is 0 Å². The zero-order chi connectivity index (χ0) is 29.7. The molecule has 2 heterocycles. The van der Waals surface area contributed by atoms with E-state index in [2.05, 4.69) is 20.1 Å². The molecule has 0 saturated carbocycles. The van der Waals surface area contributed by atoms with Crippen LogP contribution in [0.5, 0.6) is 5.75 Å². The Labute approximate surface area is 247 Å². The van der Waals surface area contributed by atoms with Gasteiger partial charge >= 0.3 is 0 Å². The summed E-state index contributed by atoms with van der Waals surface area (Å²) < 4.78 is 21.2. The molecule has 41 heavy (non-hydrogen) atoms. The lowest BCUT2D eigenvalue weighted by molar-refractivity contribution is 0.0630. The first-order valence-corrected chi connectivity index (χ1v) is 13.6. The lowest BCUT2D eigenvalue weighted by Gasteiger charge is -2.35. The highest BCUT2D eigenvalue weighted by molar-refractivity contribution is 6.34. The topological polar surface area (TPSA) is 107 Å². The van der Waals surface area contributed by atoms with Gasteiger partial charge in [-0.1, -0.05) is 23.2 Å². The maximum absolute atomic E-state index is 14.7. The van der Waals surface area contributed by atoms with Crippen molar-refractivity contribution in [1.29, 1.82) is 5.26 Å². The van der Waals surface area contributed by atoms with Crippen molar-refractivity contribution >= 4 is 40.7 Å². The van der Waals surface area contributed by atoms with Gasteiger partial charge in [-0.25, -0.2) is 9.37 Å². The second-order valence-electron chi connectivity index (χ2n) is 9.80. The molecule has 0 radical (unpaired) electrons. The van der Waals surface area contributed by atoms with Crippen LogP contribution >= 0.6 is 23.2 Å². The van der Waals surface area contributed by atoms with Gasteiger partial charge < -0.3 is 24.4 Å². The van der Waals surface area contributed by atoms with Crippen LogP contribution in [0.4, 0.5) is 10.1 Å². The quantitative estimate of drug-likeness (QED) is 0.395. The largest absolute Gasteiger partial charge is 0.476 e. The third-order valence-corrected chi connectivity index (χ3v) is 7.47. The Bertz CT molecular complexity index is 1480. The Morgan fingerprint density at radius 1 is 1.17 bits per heavy atom. The van der Waals surface area contributed by atoms with Crippen LogP contribution in [0.15, 0.2) is 36.5 Å². The molecular weight excluding hydrogens is 572 g/mol. The first-order valence-electron chi connectivity index (χ1n) is 12.9. The molecule has 3 aromatic rings. The van der Waals surface area contributed by atoms with Crippen LogP contribution in [0.25, 0.3) is 11.3 Å². The number of nitrogens with one attached hydrogen (secondary N) is 1. The molecule has 1 fully saturated rings. The van der Waals surface area contributed by atoms with Gasteiger partial charge in [0.1, 0.15) is 6.07 Å². The predicted molar refractivity (Wildman–Crippen MR) is 155 cm³/mol. The lowest BCUT2D eigenvalue weighted by atomic mass is 10.1. The number of aromatic nitrogens is 2. The Morgan fingerprint density at radius 3 is 2.56 bits per heavy atom. The monoisotopic (exact) mass is 601 g/mol. The van der Waals surface area contributed by atoms with Crippen LogP contribution < -0.4 is 10.1 Å². The summed E-state index contributed by atoms with van der Waals surface area (Å²) in [5.41, 5.74) is 1.45. The van der Waals surface area contributed by atoms with Crippen LogP contribution in [-0.2, 0) is 7.05 Å². The van der Waals surface area contributed by atoms with Gasteiger partial charge in [0.2, 0.25) is 0 Å². The molecule has 2 amide bonds. The smallest absolute Gasteiger partial charge is 0.291 e. The van der Waals surface area contributed by atoms with Crippen molar-refractivity contribution in [2.45, 2.75) is 0 Å². The summed E-state index contributed by atoms with van der Waals surface area (Å²) >= 11 is 12.7. The molecule has 4 rings (SSSR count). The minimum atomic E-state index is -0.817. The van der Waals surface area contributed by atoms with E-state index >= 15 is 0 Å². The number of benzene rings is 2. The summed E-state index contributed by atoms with van der Waals surface area (Å²) in [6, 6.07) is 9.38. The molecule has 1 aliphatic rings. The maximum atomic E-state index is 14.7. The number of anilines is 1. The second-order valence-corrected chi connectivity index (χ2v) is 10.6. The van der Waals surface area contributed by atoms with E-state index in [1.165, 1.54) is 29.0 Å². The van der Waals surface area contributed by atoms with Crippen molar-refractivity contribution < 1.29 is 18.7 Å². The fraction of sp³-hybridized carbons (Fsp3) is 0.357. The molecule has 0 atom stereocenters. The Balaban J connectivity index is 1.42. The molecule has 0 bridgehead atoms. The predicted octanol–water partition coefficient (Wildman–Crippen LogP) is 4.01. The van der Waals surface area contributed by atoms with Gasteiger partial charge in [0.25, 0.3) is 11.8 Å². The van der Waals surface area contributed by atoms with Crippen molar-refractivity contribution in [2.75, 3.05) is 65.3 Å². The number of nitrogens with zero attached hydrogens (tertiary/aromatic N) is 6. The van der Waals surface area contributed by atoms with E-state index in [1.54, 1.807) is 30.1 Å². The summed E-state index contributed by atoms with van der Waals surface area (Å²) in [5.74, 6) is -1.61. The normalized spacial score (nSPS) is 13.8. The fourth-order valence-electron chi connectivity index (χ4n) is 4.46. The SMILES string of the molecule is CN(C)CCN1CCN(C(=O)c2ccc(NC(=O)c3ncc(-c4ccc(OCC#N)c(F)c4Cl)n3C)cc2Cl)CC1. The van der Waals surface area contributed by atoms with E-state index < -0.39 is 11.7 Å². The number of piperazine rings is 1. The van der Waals surface area contributed by atoms with E-state index in [9.17, 15) is 14.0 Å². The van der Waals surface area contributed by atoms with Gasteiger partial charge in [-0.2, -0.15) is 5.26 Å². The van der Waals surface area contributed by atoms with E-state index in [-0.39, 0.29) is 34.1 Å². The van der Waals surface area contributed by atoms with Crippen molar-refractivity contribution in [3.63, 3.8) is 0 Å². The third kappa shape index (κ3) is 6.97. The molecule has 0 unspecified atom stereocenters. The number of ether oxygens (including phenoxy) is 1. The summed E-state index contributed by atoms with van der Waals surface area (Å²) in [6.07, 6.45) is 1.40. The minimum absolute atomic E-state index is 0.0460. The average molecular weight is 602 g/mol. The molecule has 1 aromatic heterocycles. The molecule has 1 saturated heterocycles. The molecule has 0 aliphatic carbocycles. The number of imidazole rings is 1. The molecule has 0 spiro atoms. The van der Waals surface area contributed by atoms with E-state index in [4.69, 9.17) is 33.2 Å². The van der Waals surface area contributed by atoms with Crippen LogP contribution in [-0.4, -0.2) is 96.0 Å². The van der Waals surface area contributed by atoms with Crippen LogP contribution in [0.1, 0.15) is 21.0 Å².